The lowest BCUT2D eigenvalue weighted by molar-refractivity contribution is -0.137. The van der Waals surface area contributed by atoms with E-state index in [1.165, 1.54) is 6.07 Å². The molecule has 0 aliphatic carbocycles. The smallest absolute Gasteiger partial charge is 0.416 e. The predicted octanol–water partition coefficient (Wildman–Crippen LogP) is 7.13. The molecule has 49 heavy (non-hydrogen) atoms. The Morgan fingerprint density at radius 3 is 2.20 bits per heavy atom. The molecule has 2 aliphatic rings. The number of rotatable bonds is 7. The molecule has 3 aromatic carbocycles. The number of nitrogens with one attached hydrogen (secondary N) is 2. The molecule has 0 radical (unpaired) electrons. The summed E-state index contributed by atoms with van der Waals surface area (Å²) >= 11 is 0. The van der Waals surface area contributed by atoms with Gasteiger partial charge in [-0.25, -0.2) is 4.79 Å². The molecule has 10 nitrogen and oxygen atoms in total. The Hall–Kier alpha value is -4.78. The van der Waals surface area contributed by atoms with Gasteiger partial charge in [-0.15, -0.1) is 0 Å². The number of hydrogen-bond acceptors (Lipinski definition) is 7. The van der Waals surface area contributed by atoms with Crippen molar-refractivity contribution in [3.63, 3.8) is 0 Å². The van der Waals surface area contributed by atoms with Crippen molar-refractivity contribution in [1.29, 1.82) is 0 Å². The Bertz CT molecular complexity index is 1680. The third kappa shape index (κ3) is 9.65. The van der Waals surface area contributed by atoms with Crippen LogP contribution in [0.1, 0.15) is 65.5 Å². The fourth-order valence-electron chi connectivity index (χ4n) is 5.53. The molecule has 0 saturated carbocycles. The average molecular weight is 683 g/mol. The number of hydrogen-bond donors (Lipinski definition) is 2. The van der Waals surface area contributed by atoms with Gasteiger partial charge in [-0.1, -0.05) is 12.1 Å². The summed E-state index contributed by atoms with van der Waals surface area (Å²) in [6.07, 6.45) is -3.90. The highest BCUT2D eigenvalue weighted by Crippen LogP contribution is 2.34. The predicted molar refractivity (Wildman–Crippen MR) is 179 cm³/mol. The first-order valence-electron chi connectivity index (χ1n) is 16.2. The minimum absolute atomic E-state index is 0.138. The number of nitrogens with zero attached hydrogens (tertiary/aromatic N) is 2. The number of carbonyl (C=O) groups is 3. The molecule has 2 saturated heterocycles. The van der Waals surface area contributed by atoms with Gasteiger partial charge in [0, 0.05) is 67.2 Å². The zero-order chi connectivity index (χ0) is 35.3. The summed E-state index contributed by atoms with van der Waals surface area (Å²) < 4.78 is 58.2. The van der Waals surface area contributed by atoms with Crippen LogP contribution in [-0.4, -0.2) is 73.9 Å². The van der Waals surface area contributed by atoms with Gasteiger partial charge >= 0.3 is 12.3 Å². The molecule has 0 spiro atoms. The molecule has 13 heteroatoms. The first-order valence-corrected chi connectivity index (χ1v) is 16.2. The standard InChI is InChI=1S/C36H41F3N4O6/c1-23-8-9-27(40-33(45)25-18-26(36(37,38)39)21-28(19-25)42-14-16-47-17-15-42)22-31(23)41-32(44)24-6-5-7-30(20-24)48-29-10-12-43(13-11-29)34(46)49-35(2,3)4/h5-9,18-22,29H,10-17H2,1-4H3,(H,40,45)(H,41,44). The second kappa shape index (κ2) is 14.8. The van der Waals surface area contributed by atoms with Crippen molar-refractivity contribution in [2.24, 2.45) is 0 Å². The van der Waals surface area contributed by atoms with E-state index in [9.17, 15) is 27.6 Å². The van der Waals surface area contributed by atoms with E-state index in [4.69, 9.17) is 14.2 Å². The molecule has 0 unspecified atom stereocenters. The van der Waals surface area contributed by atoms with E-state index in [0.717, 1.165) is 12.1 Å². The van der Waals surface area contributed by atoms with Crippen molar-refractivity contribution in [1.82, 2.24) is 4.90 Å². The summed E-state index contributed by atoms with van der Waals surface area (Å²) in [6.45, 7) is 9.83. The lowest BCUT2D eigenvalue weighted by atomic mass is 10.1. The average Bonchev–Trinajstić information content (AvgIpc) is 3.05. The number of alkyl halides is 3. The number of halogens is 3. The van der Waals surface area contributed by atoms with Gasteiger partial charge in [0.1, 0.15) is 17.5 Å². The Morgan fingerprint density at radius 1 is 0.837 bits per heavy atom. The van der Waals surface area contributed by atoms with Crippen LogP contribution in [0.15, 0.2) is 60.7 Å². The molecule has 0 atom stereocenters. The second-order valence-electron chi connectivity index (χ2n) is 13.1. The van der Waals surface area contributed by atoms with Gasteiger partial charge in [0.05, 0.1) is 18.8 Å². The monoisotopic (exact) mass is 682 g/mol. The third-order valence-electron chi connectivity index (χ3n) is 8.12. The van der Waals surface area contributed by atoms with Gasteiger partial charge in [0.25, 0.3) is 11.8 Å². The maximum Gasteiger partial charge on any atom is 0.416 e. The van der Waals surface area contributed by atoms with Gasteiger partial charge in [-0.05, 0) is 81.8 Å². The van der Waals surface area contributed by atoms with E-state index in [2.05, 4.69) is 10.6 Å². The largest absolute Gasteiger partial charge is 0.490 e. The molecular formula is C36H41F3N4O6. The summed E-state index contributed by atoms with van der Waals surface area (Å²) in [7, 11) is 0. The number of piperidine rings is 1. The quantitative estimate of drug-likeness (QED) is 0.273. The van der Waals surface area contributed by atoms with Crippen LogP contribution in [-0.2, 0) is 15.7 Å². The van der Waals surface area contributed by atoms with Gasteiger partial charge in [0.2, 0.25) is 0 Å². The molecule has 262 valence electrons. The molecule has 2 fully saturated rings. The lowest BCUT2D eigenvalue weighted by Gasteiger charge is -2.33. The van der Waals surface area contributed by atoms with Crippen LogP contribution in [0.25, 0.3) is 0 Å². The normalized spacial score (nSPS) is 15.8. The minimum atomic E-state index is -4.64. The Morgan fingerprint density at radius 2 is 1.53 bits per heavy atom. The number of carbonyl (C=O) groups excluding carboxylic acids is 3. The summed E-state index contributed by atoms with van der Waals surface area (Å²) in [6, 6.07) is 14.9. The topological polar surface area (TPSA) is 109 Å². The molecular weight excluding hydrogens is 641 g/mol. The third-order valence-corrected chi connectivity index (χ3v) is 8.12. The Kier molecular flexibility index (Phi) is 10.7. The number of aryl methyl sites for hydroxylation is 1. The molecule has 2 N–H and O–H groups in total. The molecule has 5 rings (SSSR count). The van der Waals surface area contributed by atoms with Crippen LogP contribution < -0.4 is 20.3 Å². The highest BCUT2D eigenvalue weighted by atomic mass is 19.4. The van der Waals surface area contributed by atoms with E-state index in [1.807, 2.05) is 20.8 Å². The second-order valence-corrected chi connectivity index (χ2v) is 13.1. The van der Waals surface area contributed by atoms with Crippen LogP contribution in [0.4, 0.5) is 35.0 Å². The van der Waals surface area contributed by atoms with Gasteiger partial charge in [-0.3, -0.25) is 9.59 Å². The minimum Gasteiger partial charge on any atom is -0.490 e. The number of anilines is 3. The molecule has 0 aromatic heterocycles. The summed E-state index contributed by atoms with van der Waals surface area (Å²) in [5.41, 5.74) is 0.427. The van der Waals surface area contributed by atoms with Crippen molar-refractivity contribution < 1.29 is 41.8 Å². The zero-order valence-electron chi connectivity index (χ0n) is 28.0. The van der Waals surface area contributed by atoms with E-state index >= 15 is 0 Å². The zero-order valence-corrected chi connectivity index (χ0v) is 28.0. The van der Waals surface area contributed by atoms with Gasteiger partial charge in [0.15, 0.2) is 0 Å². The maximum absolute atomic E-state index is 13.8. The fourth-order valence-corrected chi connectivity index (χ4v) is 5.53. The SMILES string of the molecule is Cc1ccc(NC(=O)c2cc(N3CCOCC3)cc(C(F)(F)F)c2)cc1NC(=O)c1cccc(OC2CCN(C(=O)OC(C)(C)C)CC2)c1. The highest BCUT2D eigenvalue weighted by molar-refractivity contribution is 6.07. The van der Waals surface area contributed by atoms with Crippen LogP contribution in [0, 0.1) is 6.92 Å². The number of morpholine rings is 1. The van der Waals surface area contributed by atoms with Crippen LogP contribution in [0.5, 0.6) is 5.75 Å². The summed E-state index contributed by atoms with van der Waals surface area (Å²) in [5.74, 6) is -0.619. The van der Waals surface area contributed by atoms with Gasteiger partial charge in [-0.2, -0.15) is 13.2 Å². The highest BCUT2D eigenvalue weighted by Gasteiger charge is 2.33. The van der Waals surface area contributed by atoms with Gasteiger partial charge < -0.3 is 34.6 Å². The Labute approximate surface area is 283 Å². The van der Waals surface area contributed by atoms with E-state index in [1.54, 1.807) is 59.2 Å². The lowest BCUT2D eigenvalue weighted by Crippen LogP contribution is -2.44. The van der Waals surface area contributed by atoms with E-state index in [0.29, 0.717) is 80.5 Å². The van der Waals surface area contributed by atoms with Crippen molar-refractivity contribution in [3.05, 3.63) is 82.9 Å². The van der Waals surface area contributed by atoms with Crippen molar-refractivity contribution >= 4 is 35.0 Å². The van der Waals surface area contributed by atoms with Crippen LogP contribution in [0.3, 0.4) is 0 Å². The number of benzene rings is 3. The number of amides is 3. The number of ether oxygens (including phenoxy) is 3. The molecule has 2 heterocycles. The summed E-state index contributed by atoms with van der Waals surface area (Å²) in [4.78, 5) is 42.3. The molecule has 0 bridgehead atoms. The van der Waals surface area contributed by atoms with E-state index in [-0.39, 0.29) is 23.4 Å². The Balaban J connectivity index is 1.23. The first-order chi connectivity index (χ1) is 23.1. The molecule has 3 amide bonds. The summed E-state index contributed by atoms with van der Waals surface area (Å²) in [5, 5.41) is 5.53. The van der Waals surface area contributed by atoms with Crippen LogP contribution in [0.2, 0.25) is 0 Å². The first kappa shape index (κ1) is 35.5. The molecule has 3 aromatic rings. The van der Waals surface area contributed by atoms with Crippen LogP contribution >= 0.6 is 0 Å². The van der Waals surface area contributed by atoms with Crippen molar-refractivity contribution in [2.75, 3.05) is 54.9 Å². The molecule has 2 aliphatic heterocycles. The fraction of sp³-hybridized carbons (Fsp3) is 0.417. The number of likely N-dealkylation sites (tertiary alicyclic amines) is 1. The van der Waals surface area contributed by atoms with Crippen molar-refractivity contribution in [2.45, 2.75) is 58.4 Å². The van der Waals surface area contributed by atoms with E-state index < -0.39 is 29.2 Å². The maximum atomic E-state index is 13.8. The van der Waals surface area contributed by atoms with Crippen molar-refractivity contribution in [3.8, 4) is 5.75 Å².